The van der Waals surface area contributed by atoms with Crippen molar-refractivity contribution in [3.63, 3.8) is 0 Å². The van der Waals surface area contributed by atoms with Gasteiger partial charge in [-0.25, -0.2) is 17.6 Å². The van der Waals surface area contributed by atoms with Crippen molar-refractivity contribution in [2.24, 2.45) is 5.92 Å². The number of nitrogens with one attached hydrogen (secondary N) is 1. The molecule has 2 rings (SSSR count). The molecule has 2 unspecified atom stereocenters. The molecule has 0 aliphatic heterocycles. The van der Waals surface area contributed by atoms with Gasteiger partial charge in [0, 0.05) is 12.1 Å². The Hall–Kier alpha value is -1.26. The molecule has 1 aromatic carbocycles. The lowest BCUT2D eigenvalue weighted by atomic mass is 10.1. The van der Waals surface area contributed by atoms with Crippen LogP contribution in [0.2, 0.25) is 0 Å². The summed E-state index contributed by atoms with van der Waals surface area (Å²) in [5, 5.41) is 2.59. The lowest BCUT2D eigenvalue weighted by Gasteiger charge is -2.16. The van der Waals surface area contributed by atoms with E-state index in [-0.39, 0.29) is 12.1 Å². The van der Waals surface area contributed by atoms with Crippen LogP contribution in [0.1, 0.15) is 32.6 Å². The summed E-state index contributed by atoms with van der Waals surface area (Å²) in [6.45, 7) is 2.05. The van der Waals surface area contributed by atoms with Crippen molar-refractivity contribution >= 4 is 5.69 Å². The number of anilines is 1. The molecule has 1 aromatic rings. The minimum absolute atomic E-state index is 0.125. The summed E-state index contributed by atoms with van der Waals surface area (Å²) in [5.74, 6) is -4.95. The third kappa shape index (κ3) is 2.44. The highest BCUT2D eigenvalue weighted by molar-refractivity contribution is 5.48. The van der Waals surface area contributed by atoms with Crippen molar-refractivity contribution in [1.82, 2.24) is 0 Å². The quantitative estimate of drug-likeness (QED) is 0.634. The van der Waals surface area contributed by atoms with Gasteiger partial charge < -0.3 is 5.32 Å². The molecule has 18 heavy (non-hydrogen) atoms. The lowest BCUT2D eigenvalue weighted by molar-refractivity contribution is 0.455. The molecular weight excluding hydrogens is 246 g/mol. The minimum atomic E-state index is -1.37. The van der Waals surface area contributed by atoms with Gasteiger partial charge in [0.05, 0.1) is 0 Å². The Morgan fingerprint density at radius 3 is 2.22 bits per heavy atom. The Kier molecular flexibility index (Phi) is 3.78. The maximum atomic E-state index is 13.4. The number of rotatable bonds is 3. The molecule has 1 nitrogen and oxygen atoms in total. The van der Waals surface area contributed by atoms with Crippen LogP contribution in [0.25, 0.3) is 0 Å². The van der Waals surface area contributed by atoms with Crippen molar-refractivity contribution in [1.29, 1.82) is 0 Å². The smallest absolute Gasteiger partial charge is 0.185 e. The molecule has 2 atom stereocenters. The topological polar surface area (TPSA) is 12.0 Å². The first-order valence-electron chi connectivity index (χ1n) is 6.12. The van der Waals surface area contributed by atoms with E-state index in [0.717, 1.165) is 25.7 Å². The SMILES string of the molecule is CCC1CCC(Nc2c(F)c(F)cc(F)c2F)C1. The number of halogens is 4. The van der Waals surface area contributed by atoms with E-state index in [9.17, 15) is 17.6 Å². The minimum Gasteiger partial charge on any atom is -0.377 e. The van der Waals surface area contributed by atoms with E-state index >= 15 is 0 Å². The molecule has 1 saturated carbocycles. The second-order valence-electron chi connectivity index (χ2n) is 4.77. The van der Waals surface area contributed by atoms with Gasteiger partial charge in [-0.2, -0.15) is 0 Å². The predicted octanol–water partition coefficient (Wildman–Crippen LogP) is 4.23. The third-order valence-corrected chi connectivity index (χ3v) is 3.58. The molecule has 5 heteroatoms. The Morgan fingerprint density at radius 1 is 1.11 bits per heavy atom. The molecule has 1 aliphatic rings. The summed E-state index contributed by atoms with van der Waals surface area (Å²) < 4.78 is 52.9. The van der Waals surface area contributed by atoms with E-state index < -0.39 is 29.0 Å². The van der Waals surface area contributed by atoms with Crippen molar-refractivity contribution < 1.29 is 17.6 Å². The summed E-state index contributed by atoms with van der Waals surface area (Å²) in [6.07, 6.45) is 3.50. The molecule has 0 saturated heterocycles. The first-order chi connectivity index (χ1) is 8.52. The van der Waals surface area contributed by atoms with Crippen molar-refractivity contribution in [2.75, 3.05) is 5.32 Å². The van der Waals surface area contributed by atoms with Crippen LogP contribution >= 0.6 is 0 Å². The van der Waals surface area contributed by atoms with Crippen LogP contribution in [0.3, 0.4) is 0 Å². The second kappa shape index (κ2) is 5.16. The molecule has 0 bridgehead atoms. The van der Waals surface area contributed by atoms with Gasteiger partial charge in [-0.15, -0.1) is 0 Å². The highest BCUT2D eigenvalue weighted by Gasteiger charge is 2.27. The van der Waals surface area contributed by atoms with Crippen LogP contribution in [0.4, 0.5) is 23.2 Å². The van der Waals surface area contributed by atoms with Gasteiger partial charge in [0.1, 0.15) is 5.69 Å². The van der Waals surface area contributed by atoms with Crippen molar-refractivity contribution in [2.45, 2.75) is 38.6 Å². The summed E-state index contributed by atoms with van der Waals surface area (Å²) in [5.41, 5.74) is -0.686. The fourth-order valence-electron chi connectivity index (χ4n) is 2.48. The molecular formula is C13H15F4N. The average Bonchev–Trinajstić information content (AvgIpc) is 2.80. The Morgan fingerprint density at radius 2 is 1.72 bits per heavy atom. The maximum Gasteiger partial charge on any atom is 0.185 e. The largest absolute Gasteiger partial charge is 0.377 e. The summed E-state index contributed by atoms with van der Waals surface area (Å²) >= 11 is 0. The zero-order valence-corrected chi connectivity index (χ0v) is 10.1. The van der Waals surface area contributed by atoms with Gasteiger partial charge in [0.15, 0.2) is 23.3 Å². The van der Waals surface area contributed by atoms with E-state index in [1.807, 2.05) is 0 Å². The Labute approximate surface area is 103 Å². The molecule has 100 valence electrons. The standard InChI is InChI=1S/C13H15F4N/c1-2-7-3-4-8(5-7)18-13-11(16)9(14)6-10(15)12(13)17/h6-8,18H,2-5H2,1H3. The van der Waals surface area contributed by atoms with Gasteiger partial charge in [-0.1, -0.05) is 13.3 Å². The fourth-order valence-corrected chi connectivity index (χ4v) is 2.48. The Bertz CT molecular complexity index is 421. The molecule has 1 N–H and O–H groups in total. The molecule has 0 spiro atoms. The van der Waals surface area contributed by atoms with Crippen LogP contribution in [-0.4, -0.2) is 6.04 Å². The lowest BCUT2D eigenvalue weighted by Crippen LogP contribution is -2.18. The van der Waals surface area contributed by atoms with E-state index in [4.69, 9.17) is 0 Å². The molecule has 0 heterocycles. The highest BCUT2D eigenvalue weighted by atomic mass is 19.2. The van der Waals surface area contributed by atoms with E-state index in [1.54, 1.807) is 0 Å². The van der Waals surface area contributed by atoms with Gasteiger partial charge in [0.25, 0.3) is 0 Å². The predicted molar refractivity (Wildman–Crippen MR) is 61.3 cm³/mol. The van der Waals surface area contributed by atoms with Crippen LogP contribution < -0.4 is 5.32 Å². The first-order valence-corrected chi connectivity index (χ1v) is 6.12. The van der Waals surface area contributed by atoms with Crippen LogP contribution in [-0.2, 0) is 0 Å². The van der Waals surface area contributed by atoms with Gasteiger partial charge in [-0.3, -0.25) is 0 Å². The zero-order chi connectivity index (χ0) is 13.3. The number of hydrogen-bond acceptors (Lipinski definition) is 1. The molecule has 0 amide bonds. The molecule has 1 aliphatic carbocycles. The third-order valence-electron chi connectivity index (χ3n) is 3.58. The average molecular weight is 261 g/mol. The Balaban J connectivity index is 2.19. The van der Waals surface area contributed by atoms with Crippen LogP contribution in [0.15, 0.2) is 6.07 Å². The van der Waals surface area contributed by atoms with Crippen LogP contribution in [0.5, 0.6) is 0 Å². The summed E-state index contributed by atoms with van der Waals surface area (Å²) in [4.78, 5) is 0. The number of benzene rings is 1. The van der Waals surface area contributed by atoms with Gasteiger partial charge in [-0.05, 0) is 25.2 Å². The van der Waals surface area contributed by atoms with E-state index in [0.29, 0.717) is 5.92 Å². The van der Waals surface area contributed by atoms with Crippen LogP contribution in [0, 0.1) is 29.2 Å². The second-order valence-corrected chi connectivity index (χ2v) is 4.77. The van der Waals surface area contributed by atoms with E-state index in [2.05, 4.69) is 12.2 Å². The number of hydrogen-bond donors (Lipinski definition) is 1. The monoisotopic (exact) mass is 261 g/mol. The molecule has 0 aromatic heterocycles. The fraction of sp³-hybridized carbons (Fsp3) is 0.538. The van der Waals surface area contributed by atoms with Gasteiger partial charge >= 0.3 is 0 Å². The first kappa shape index (κ1) is 13.2. The normalized spacial score (nSPS) is 23.4. The van der Waals surface area contributed by atoms with E-state index in [1.165, 1.54) is 0 Å². The maximum absolute atomic E-state index is 13.4. The zero-order valence-electron chi connectivity index (χ0n) is 10.1. The van der Waals surface area contributed by atoms with Crippen molar-refractivity contribution in [3.05, 3.63) is 29.3 Å². The van der Waals surface area contributed by atoms with Gasteiger partial charge in [0.2, 0.25) is 0 Å². The molecule has 0 radical (unpaired) electrons. The highest BCUT2D eigenvalue weighted by Crippen LogP contribution is 2.32. The molecule has 1 fully saturated rings. The van der Waals surface area contributed by atoms with Crippen molar-refractivity contribution in [3.8, 4) is 0 Å². The summed E-state index contributed by atoms with van der Waals surface area (Å²) in [6, 6.07) is 0.0967. The summed E-state index contributed by atoms with van der Waals surface area (Å²) in [7, 11) is 0.